The third-order valence-electron chi connectivity index (χ3n) is 8.14. The molecule has 2 aliphatic heterocycles. The molecule has 0 saturated carbocycles. The van der Waals surface area contributed by atoms with Gasteiger partial charge >= 0.3 is 36.0 Å². The van der Waals surface area contributed by atoms with Gasteiger partial charge in [0.1, 0.15) is 18.8 Å². The molecule has 1 aromatic rings. The summed E-state index contributed by atoms with van der Waals surface area (Å²) >= 11 is 0. The Labute approximate surface area is 308 Å². The van der Waals surface area contributed by atoms with Crippen LogP contribution in [-0.4, -0.2) is 73.2 Å². The Kier molecular flexibility index (Phi) is 12.9. The normalized spacial score (nSPS) is 24.5. The number of esters is 5. The number of cyclic esters (lactones) is 1. The highest BCUT2D eigenvalue weighted by Crippen LogP contribution is 2.36. The van der Waals surface area contributed by atoms with E-state index in [2.05, 4.69) is 5.32 Å². The van der Waals surface area contributed by atoms with E-state index in [0.717, 1.165) is 18.2 Å². The molecule has 53 heavy (non-hydrogen) atoms. The van der Waals surface area contributed by atoms with Crippen LogP contribution >= 0.6 is 0 Å². The largest absolute Gasteiger partial charge is 0.462 e. The fourth-order valence-electron chi connectivity index (χ4n) is 4.87. The monoisotopic (exact) mass is 755 g/mol. The lowest BCUT2D eigenvalue weighted by Gasteiger charge is -2.47. The van der Waals surface area contributed by atoms with Crippen molar-refractivity contribution >= 4 is 29.8 Å². The number of hydrogen-bond donors (Lipinski definition) is 1. The van der Waals surface area contributed by atoms with E-state index in [-0.39, 0.29) is 5.56 Å². The molecule has 0 amide bonds. The van der Waals surface area contributed by atoms with Crippen LogP contribution in [-0.2, 0) is 58.6 Å². The van der Waals surface area contributed by atoms with Gasteiger partial charge < -0.3 is 28.4 Å². The molecule has 0 unspecified atom stereocenters. The third-order valence-corrected chi connectivity index (χ3v) is 8.14. The summed E-state index contributed by atoms with van der Waals surface area (Å²) < 4.78 is 76.1. The van der Waals surface area contributed by atoms with E-state index in [1.165, 1.54) is 18.2 Å². The van der Waals surface area contributed by atoms with E-state index in [9.17, 15) is 37.1 Å². The molecule has 15 heteroatoms. The molecule has 2 heterocycles. The van der Waals surface area contributed by atoms with Crippen molar-refractivity contribution in [1.82, 2.24) is 5.32 Å². The van der Waals surface area contributed by atoms with Crippen LogP contribution in [0.4, 0.5) is 13.2 Å². The first-order valence-corrected chi connectivity index (χ1v) is 17.3. The van der Waals surface area contributed by atoms with Gasteiger partial charge in [0.2, 0.25) is 0 Å². The maximum atomic E-state index is 13.6. The zero-order valence-corrected chi connectivity index (χ0v) is 32.3. The van der Waals surface area contributed by atoms with E-state index < -0.39 is 113 Å². The maximum Gasteiger partial charge on any atom is 0.416 e. The molecule has 0 radical (unpaired) electrons. The minimum atomic E-state index is -4.64. The van der Waals surface area contributed by atoms with Gasteiger partial charge in [0.05, 0.1) is 33.3 Å². The van der Waals surface area contributed by atoms with Crippen molar-refractivity contribution in [2.75, 3.05) is 6.61 Å². The van der Waals surface area contributed by atoms with Crippen LogP contribution in [0, 0.1) is 21.7 Å². The molecule has 1 fully saturated rings. The second-order valence-corrected chi connectivity index (χ2v) is 17.3. The number of halogens is 3. The van der Waals surface area contributed by atoms with Crippen LogP contribution in [0.2, 0.25) is 0 Å². The molecule has 1 aromatic carbocycles. The van der Waals surface area contributed by atoms with Gasteiger partial charge in [-0.15, -0.1) is 0 Å². The number of ether oxygens (including phenoxy) is 6. The lowest BCUT2D eigenvalue weighted by molar-refractivity contribution is -0.266. The fraction of sp³-hybridized carbons (Fsp3) is 0.658. The van der Waals surface area contributed by atoms with Crippen molar-refractivity contribution in [2.45, 2.75) is 132 Å². The van der Waals surface area contributed by atoms with Gasteiger partial charge in [-0.3, -0.25) is 24.5 Å². The zero-order chi connectivity index (χ0) is 40.5. The smallest absolute Gasteiger partial charge is 0.416 e. The highest BCUT2D eigenvalue weighted by Gasteiger charge is 2.55. The van der Waals surface area contributed by atoms with Crippen molar-refractivity contribution < 1.29 is 65.6 Å². The molecule has 296 valence electrons. The van der Waals surface area contributed by atoms with Gasteiger partial charge in [0.25, 0.3) is 0 Å². The van der Waals surface area contributed by atoms with Gasteiger partial charge in [-0.2, -0.15) is 13.2 Å². The second kappa shape index (κ2) is 15.8. The van der Waals surface area contributed by atoms with E-state index >= 15 is 0 Å². The van der Waals surface area contributed by atoms with Crippen LogP contribution in [0.1, 0.15) is 100 Å². The molecule has 1 saturated heterocycles. The average Bonchev–Trinajstić information content (AvgIpc) is 3.44. The Bertz CT molecular complexity index is 1540. The number of alkyl halides is 3. The van der Waals surface area contributed by atoms with Crippen LogP contribution < -0.4 is 5.32 Å². The molecule has 0 aromatic heterocycles. The number of rotatable bonds is 9. The predicted octanol–water partition coefficient (Wildman–Crippen LogP) is 6.01. The van der Waals surface area contributed by atoms with Crippen LogP contribution in [0.25, 0.3) is 0 Å². The molecule has 12 nitrogen and oxygen atoms in total. The molecule has 3 rings (SSSR count). The summed E-state index contributed by atoms with van der Waals surface area (Å²) in [6, 6.07) is 2.95. The average molecular weight is 756 g/mol. The summed E-state index contributed by atoms with van der Waals surface area (Å²) in [5.41, 5.74) is -4.98. The van der Waals surface area contributed by atoms with Crippen LogP contribution in [0.3, 0.4) is 0 Å². The van der Waals surface area contributed by atoms with E-state index in [1.807, 2.05) is 0 Å². The Morgan fingerprint density at radius 3 is 1.57 bits per heavy atom. The van der Waals surface area contributed by atoms with Crippen molar-refractivity contribution in [1.29, 1.82) is 0 Å². The topological polar surface area (TPSA) is 153 Å². The predicted molar refractivity (Wildman–Crippen MR) is 183 cm³/mol. The first kappa shape index (κ1) is 43.4. The Morgan fingerprint density at radius 2 is 1.15 bits per heavy atom. The number of carbonyl (C=O) groups excluding carboxylic acids is 5. The van der Waals surface area contributed by atoms with E-state index in [4.69, 9.17) is 28.4 Å². The Hall–Kier alpha value is -3.98. The maximum absolute atomic E-state index is 13.6. The van der Waals surface area contributed by atoms with Crippen molar-refractivity contribution in [3.8, 4) is 0 Å². The minimum absolute atomic E-state index is 0.215. The summed E-state index contributed by atoms with van der Waals surface area (Å²) in [6.07, 6.45) is -10.7. The molecule has 1 N–H and O–H groups in total. The van der Waals surface area contributed by atoms with Gasteiger partial charge in [-0.25, -0.2) is 4.79 Å². The molecule has 2 aliphatic rings. The SMILES string of the molecule is CC(C)(C)C(=O)OC[C@H]1O[C@@H](N[C@H](c2ccc(C(F)(F)F)cc2)[C@@H]2C=CC(=O)O2)[C@H](OC(=O)C(C)(C)C)[C@@H](OC(=O)C(C)(C)C)[C@H]1OC(=O)C(C)(C)C. The van der Waals surface area contributed by atoms with Gasteiger partial charge in [-0.05, 0) is 107 Å². The summed E-state index contributed by atoms with van der Waals surface area (Å²) in [4.78, 5) is 65.8. The highest BCUT2D eigenvalue weighted by atomic mass is 19.4. The highest BCUT2D eigenvalue weighted by molar-refractivity contribution is 5.84. The standard InChI is InChI=1S/C38H52F3NO11/c1-34(2,3)30(44)48-19-23-26(51-31(45)35(4,5)6)27(52-32(46)36(7,8)9)28(53-33(47)37(10,11)12)29(50-23)42-25(22-17-18-24(43)49-22)20-13-15-21(16-14-20)38(39,40)41/h13-18,22-23,25-29,42H,19H2,1-12H3/t22-,23+,25+,26-,27-,28+,29+/m0/s1. The molecule has 0 spiro atoms. The first-order valence-electron chi connectivity index (χ1n) is 17.3. The lowest BCUT2D eigenvalue weighted by atomic mass is 9.91. The number of hydrogen-bond acceptors (Lipinski definition) is 12. The Balaban J connectivity index is 2.25. The van der Waals surface area contributed by atoms with Crippen LogP contribution in [0.5, 0.6) is 0 Å². The molecule has 0 bridgehead atoms. The Morgan fingerprint density at radius 1 is 0.698 bits per heavy atom. The molecule has 0 aliphatic carbocycles. The molecular formula is C38H52F3NO11. The van der Waals surface area contributed by atoms with E-state index in [0.29, 0.717) is 0 Å². The number of benzene rings is 1. The summed E-state index contributed by atoms with van der Waals surface area (Å²) in [5.74, 6) is -3.64. The third kappa shape index (κ3) is 11.5. The fourth-order valence-corrected chi connectivity index (χ4v) is 4.87. The van der Waals surface area contributed by atoms with Gasteiger partial charge in [-0.1, -0.05) is 12.1 Å². The van der Waals surface area contributed by atoms with Crippen molar-refractivity contribution in [3.63, 3.8) is 0 Å². The van der Waals surface area contributed by atoms with Crippen molar-refractivity contribution in [3.05, 3.63) is 47.5 Å². The number of carbonyl (C=O) groups is 5. The minimum Gasteiger partial charge on any atom is -0.462 e. The zero-order valence-electron chi connectivity index (χ0n) is 32.3. The number of nitrogens with one attached hydrogen (secondary N) is 1. The van der Waals surface area contributed by atoms with Gasteiger partial charge in [0.15, 0.2) is 24.5 Å². The first-order chi connectivity index (χ1) is 24.0. The van der Waals surface area contributed by atoms with Crippen molar-refractivity contribution in [2.24, 2.45) is 21.7 Å². The molecule has 7 atom stereocenters. The second-order valence-electron chi connectivity index (χ2n) is 17.3. The van der Waals surface area contributed by atoms with E-state index in [1.54, 1.807) is 83.1 Å². The summed E-state index contributed by atoms with van der Waals surface area (Å²) in [5, 5.41) is 3.11. The quantitative estimate of drug-likeness (QED) is 0.232. The van der Waals surface area contributed by atoms with Gasteiger partial charge in [0, 0.05) is 6.08 Å². The summed E-state index contributed by atoms with van der Waals surface area (Å²) in [7, 11) is 0. The van der Waals surface area contributed by atoms with Crippen LogP contribution in [0.15, 0.2) is 36.4 Å². The lowest BCUT2D eigenvalue weighted by Crippen LogP contribution is -2.67. The molecular weight excluding hydrogens is 703 g/mol. The summed E-state index contributed by atoms with van der Waals surface area (Å²) in [6.45, 7) is 18.6.